The zero-order chi connectivity index (χ0) is 13.1. The van der Waals surface area contributed by atoms with Gasteiger partial charge in [0.1, 0.15) is 5.84 Å². The third-order valence-corrected chi connectivity index (χ3v) is 2.81. The summed E-state index contributed by atoms with van der Waals surface area (Å²) in [7, 11) is 4.77. The summed E-state index contributed by atoms with van der Waals surface area (Å²) in [6.45, 7) is 0. The van der Waals surface area contributed by atoms with Crippen LogP contribution < -0.4 is 19.9 Å². The van der Waals surface area contributed by atoms with Gasteiger partial charge in [-0.3, -0.25) is 0 Å². The first-order chi connectivity index (χ1) is 8.71. The maximum absolute atomic E-state index is 5.79. The first-order valence-electron chi connectivity index (χ1n) is 5.51. The van der Waals surface area contributed by atoms with Gasteiger partial charge < -0.3 is 19.9 Å². The van der Waals surface area contributed by atoms with E-state index in [2.05, 4.69) is 4.99 Å². The summed E-state index contributed by atoms with van der Waals surface area (Å²) in [5, 5.41) is 0. The number of amidine groups is 1. The van der Waals surface area contributed by atoms with Gasteiger partial charge in [-0.05, 0) is 17.7 Å². The van der Waals surface area contributed by atoms with Gasteiger partial charge >= 0.3 is 0 Å². The summed E-state index contributed by atoms with van der Waals surface area (Å²) >= 11 is 0. The molecule has 0 radical (unpaired) electrons. The first kappa shape index (κ1) is 15.2. The molecule has 0 aromatic heterocycles. The summed E-state index contributed by atoms with van der Waals surface area (Å²) in [6, 6.07) is 1.90. The van der Waals surface area contributed by atoms with E-state index in [4.69, 9.17) is 19.9 Å². The molecular weight excluding hydrogens is 268 g/mol. The molecular formula is C13H17ClN2O3. The van der Waals surface area contributed by atoms with Gasteiger partial charge in [-0.2, -0.15) is 0 Å². The van der Waals surface area contributed by atoms with Gasteiger partial charge in [0.25, 0.3) is 0 Å². The van der Waals surface area contributed by atoms with Crippen LogP contribution in [-0.4, -0.2) is 27.2 Å². The van der Waals surface area contributed by atoms with E-state index in [1.165, 1.54) is 0 Å². The second-order valence-electron chi connectivity index (χ2n) is 3.83. The van der Waals surface area contributed by atoms with Crippen LogP contribution in [0.5, 0.6) is 17.2 Å². The molecule has 0 fully saturated rings. The molecule has 1 aromatic rings. The normalized spacial score (nSPS) is 12.7. The van der Waals surface area contributed by atoms with Gasteiger partial charge in [0.2, 0.25) is 5.75 Å². The van der Waals surface area contributed by atoms with Gasteiger partial charge in [-0.25, -0.2) is 4.99 Å². The largest absolute Gasteiger partial charge is 0.493 e. The fraction of sp³-hybridized carbons (Fsp3) is 0.308. The van der Waals surface area contributed by atoms with Crippen LogP contribution in [0.4, 0.5) is 0 Å². The van der Waals surface area contributed by atoms with Crippen molar-refractivity contribution < 1.29 is 14.2 Å². The van der Waals surface area contributed by atoms with E-state index < -0.39 is 0 Å². The topological polar surface area (TPSA) is 66.1 Å². The molecule has 0 saturated heterocycles. The van der Waals surface area contributed by atoms with Crippen LogP contribution >= 0.6 is 12.4 Å². The molecule has 1 heterocycles. The van der Waals surface area contributed by atoms with Gasteiger partial charge in [-0.1, -0.05) is 0 Å². The third kappa shape index (κ3) is 2.76. The van der Waals surface area contributed by atoms with Crippen molar-refractivity contribution >= 4 is 24.3 Å². The summed E-state index contributed by atoms with van der Waals surface area (Å²) in [4.78, 5) is 4.10. The molecule has 0 spiro atoms. The van der Waals surface area contributed by atoms with Crippen molar-refractivity contribution in [1.82, 2.24) is 0 Å². The first-order valence-corrected chi connectivity index (χ1v) is 5.51. The highest BCUT2D eigenvalue weighted by atomic mass is 35.5. The van der Waals surface area contributed by atoms with Crippen molar-refractivity contribution in [2.24, 2.45) is 10.7 Å². The van der Waals surface area contributed by atoms with Gasteiger partial charge in [0.05, 0.1) is 21.3 Å². The van der Waals surface area contributed by atoms with Crippen molar-refractivity contribution in [3.63, 3.8) is 0 Å². The Morgan fingerprint density at radius 2 is 1.79 bits per heavy atom. The fourth-order valence-electron chi connectivity index (χ4n) is 2.01. The van der Waals surface area contributed by atoms with Crippen LogP contribution in [0.25, 0.3) is 6.08 Å². The molecule has 0 unspecified atom stereocenters. The van der Waals surface area contributed by atoms with Crippen LogP contribution in [0.2, 0.25) is 0 Å². The van der Waals surface area contributed by atoms with Crippen molar-refractivity contribution in [3.05, 3.63) is 23.4 Å². The lowest BCUT2D eigenvalue weighted by molar-refractivity contribution is 0.323. The highest BCUT2D eigenvalue weighted by Gasteiger charge is 2.20. The summed E-state index contributed by atoms with van der Waals surface area (Å²) in [6.07, 6.45) is 4.07. The minimum atomic E-state index is 0. The van der Waals surface area contributed by atoms with E-state index in [0.29, 0.717) is 29.5 Å². The third-order valence-electron chi connectivity index (χ3n) is 2.81. The molecule has 5 nitrogen and oxygen atoms in total. The molecule has 1 aliphatic heterocycles. The number of rotatable bonds is 3. The average Bonchev–Trinajstić information content (AvgIpc) is 2.56. The predicted octanol–water partition coefficient (Wildman–Crippen LogP) is 2.02. The zero-order valence-corrected chi connectivity index (χ0v) is 11.9. The Kier molecular flexibility index (Phi) is 5.06. The van der Waals surface area contributed by atoms with Gasteiger partial charge in [0, 0.05) is 18.2 Å². The van der Waals surface area contributed by atoms with Crippen molar-refractivity contribution in [2.45, 2.75) is 6.42 Å². The van der Waals surface area contributed by atoms with Crippen molar-refractivity contribution in [1.29, 1.82) is 0 Å². The molecule has 2 rings (SSSR count). The molecule has 1 aliphatic rings. The molecule has 104 valence electrons. The molecule has 19 heavy (non-hydrogen) atoms. The Hall–Kier alpha value is -1.88. The van der Waals surface area contributed by atoms with Crippen LogP contribution in [0.3, 0.4) is 0 Å². The highest BCUT2D eigenvalue weighted by Crippen LogP contribution is 2.43. The molecule has 0 aliphatic carbocycles. The highest BCUT2D eigenvalue weighted by molar-refractivity contribution is 5.87. The predicted molar refractivity (Wildman–Crippen MR) is 77.7 cm³/mol. The van der Waals surface area contributed by atoms with Crippen LogP contribution in [0, 0.1) is 0 Å². The van der Waals surface area contributed by atoms with E-state index in [-0.39, 0.29) is 12.4 Å². The molecule has 6 heteroatoms. The number of nitrogens with zero attached hydrogens (tertiary/aromatic N) is 1. The number of ether oxygens (including phenoxy) is 3. The quantitative estimate of drug-likeness (QED) is 0.922. The number of nitrogens with two attached hydrogens (primary N) is 1. The van der Waals surface area contributed by atoms with Gasteiger partial charge in [0.15, 0.2) is 11.5 Å². The zero-order valence-electron chi connectivity index (χ0n) is 11.1. The Balaban J connectivity index is 0.00000180. The van der Waals surface area contributed by atoms with E-state index in [1.54, 1.807) is 27.5 Å². The number of aliphatic imine (C=N–C) groups is 1. The molecule has 0 atom stereocenters. The Bertz CT molecular complexity index is 527. The number of fused-ring (bicyclic) bond motifs is 1. The lowest BCUT2D eigenvalue weighted by Crippen LogP contribution is -2.14. The van der Waals surface area contributed by atoms with E-state index in [9.17, 15) is 0 Å². The molecule has 0 saturated carbocycles. The second kappa shape index (κ2) is 6.33. The number of halogens is 1. The smallest absolute Gasteiger partial charge is 0.203 e. The van der Waals surface area contributed by atoms with Crippen molar-refractivity contribution in [3.8, 4) is 17.2 Å². The molecule has 2 N–H and O–H groups in total. The number of benzene rings is 1. The van der Waals surface area contributed by atoms with Crippen LogP contribution in [-0.2, 0) is 6.42 Å². The van der Waals surface area contributed by atoms with E-state index >= 15 is 0 Å². The average molecular weight is 285 g/mol. The number of hydrogen-bond acceptors (Lipinski definition) is 5. The maximum atomic E-state index is 5.79. The molecule has 1 aromatic carbocycles. The minimum absolute atomic E-state index is 0. The molecule has 0 amide bonds. The maximum Gasteiger partial charge on any atom is 0.203 e. The Morgan fingerprint density at radius 3 is 2.37 bits per heavy atom. The van der Waals surface area contributed by atoms with Crippen LogP contribution in [0.15, 0.2) is 17.3 Å². The fourth-order valence-corrected chi connectivity index (χ4v) is 2.01. The summed E-state index contributed by atoms with van der Waals surface area (Å²) in [5.41, 5.74) is 7.70. The monoisotopic (exact) mass is 284 g/mol. The Labute approximate surface area is 118 Å². The van der Waals surface area contributed by atoms with Crippen molar-refractivity contribution in [2.75, 3.05) is 21.3 Å². The summed E-state index contributed by atoms with van der Waals surface area (Å²) in [5.74, 6) is 2.38. The number of methoxy groups -OCH3 is 3. The number of hydrogen-bond donors (Lipinski definition) is 1. The van der Waals surface area contributed by atoms with E-state index in [1.807, 2.05) is 12.1 Å². The lowest BCUT2D eigenvalue weighted by Gasteiger charge is -2.17. The minimum Gasteiger partial charge on any atom is -0.493 e. The summed E-state index contributed by atoms with van der Waals surface area (Å²) < 4.78 is 16.1. The van der Waals surface area contributed by atoms with Gasteiger partial charge in [-0.15, -0.1) is 12.4 Å². The van der Waals surface area contributed by atoms with Crippen LogP contribution in [0.1, 0.15) is 11.1 Å². The standard InChI is InChI=1S/C13H16N2O3.ClH/c1-16-10-6-8-7-11(14)15-5-4-9(8)12(17-2)13(10)18-3;/h4-6H,7H2,1-3H3,(H2,14,15);1H. The Morgan fingerprint density at radius 1 is 1.11 bits per heavy atom. The second-order valence-corrected chi connectivity index (χ2v) is 3.83. The molecule has 0 bridgehead atoms. The van der Waals surface area contributed by atoms with E-state index in [0.717, 1.165) is 11.1 Å². The SMILES string of the molecule is COc1cc2c(c(OC)c1OC)C=CN=C(N)C2.Cl. The lowest BCUT2D eigenvalue weighted by atomic mass is 10.0.